The SMILES string of the molecule is CC(C)c1ccc(-c2ccccc2)c(N(c2ccc(C(C)(C)C)cc2)c2ccc3cc4c(cc3c2)oc2cc3cc(N(c5ccc(C(C)(C)C)cc5)c5cc(C(C)C)ccc5-c5ccccc5)ccc3cc24)c1. The largest absolute Gasteiger partial charge is 0.456 e. The molecule has 0 aliphatic rings. The van der Waals surface area contributed by atoms with Crippen molar-refractivity contribution in [3.05, 3.63) is 229 Å². The van der Waals surface area contributed by atoms with Crippen LogP contribution in [0.1, 0.15) is 103 Å². The molecule has 0 unspecified atom stereocenters. The third-order valence-corrected chi connectivity index (χ3v) is 14.9. The van der Waals surface area contributed by atoms with E-state index in [4.69, 9.17) is 4.42 Å². The molecule has 0 aliphatic carbocycles. The third-order valence-electron chi connectivity index (χ3n) is 14.9. The molecule has 0 amide bonds. The van der Waals surface area contributed by atoms with Crippen molar-refractivity contribution in [2.75, 3.05) is 9.80 Å². The monoisotopic (exact) mass is 951 g/mol. The van der Waals surface area contributed by atoms with Gasteiger partial charge in [-0.2, -0.15) is 0 Å². The third kappa shape index (κ3) is 9.19. The van der Waals surface area contributed by atoms with Gasteiger partial charge in [0, 0.05) is 44.6 Å². The molecular weight excluding hydrogens is 885 g/mol. The second-order valence-corrected chi connectivity index (χ2v) is 22.7. The minimum absolute atomic E-state index is 0.0386. The van der Waals surface area contributed by atoms with E-state index in [1.807, 2.05) is 0 Å². The summed E-state index contributed by atoms with van der Waals surface area (Å²) >= 11 is 0. The fourth-order valence-corrected chi connectivity index (χ4v) is 10.5. The van der Waals surface area contributed by atoms with Crippen LogP contribution in [0.15, 0.2) is 211 Å². The summed E-state index contributed by atoms with van der Waals surface area (Å²) in [6.07, 6.45) is 0. The van der Waals surface area contributed by atoms with Crippen LogP contribution in [0.25, 0.3) is 65.7 Å². The van der Waals surface area contributed by atoms with Gasteiger partial charge in [-0.1, -0.05) is 191 Å². The molecular formula is C70H66N2O. The molecule has 0 fully saturated rings. The summed E-state index contributed by atoms with van der Waals surface area (Å²) in [5.74, 6) is 0.739. The van der Waals surface area contributed by atoms with Crippen LogP contribution in [0.5, 0.6) is 0 Å². The number of furan rings is 1. The van der Waals surface area contributed by atoms with Gasteiger partial charge in [0.15, 0.2) is 0 Å². The topological polar surface area (TPSA) is 19.6 Å². The number of nitrogens with zero attached hydrogens (tertiary/aromatic N) is 2. The molecule has 73 heavy (non-hydrogen) atoms. The highest BCUT2D eigenvalue weighted by atomic mass is 16.3. The van der Waals surface area contributed by atoms with Crippen LogP contribution in [0.4, 0.5) is 34.1 Å². The predicted octanol–water partition coefficient (Wildman–Crippen LogP) is 21.0. The molecule has 362 valence electrons. The van der Waals surface area contributed by atoms with Crippen molar-refractivity contribution in [3.63, 3.8) is 0 Å². The van der Waals surface area contributed by atoms with E-state index in [0.717, 1.165) is 66.8 Å². The van der Waals surface area contributed by atoms with E-state index in [1.165, 1.54) is 55.3 Å². The Morgan fingerprint density at radius 3 is 1.07 bits per heavy atom. The van der Waals surface area contributed by atoms with Gasteiger partial charge in [0.1, 0.15) is 11.2 Å². The summed E-state index contributed by atoms with van der Waals surface area (Å²) in [5.41, 5.74) is 18.5. The highest BCUT2D eigenvalue weighted by Gasteiger charge is 2.24. The number of benzene rings is 10. The second kappa shape index (κ2) is 18.6. The van der Waals surface area contributed by atoms with E-state index < -0.39 is 0 Å². The Morgan fingerprint density at radius 2 is 0.712 bits per heavy atom. The molecule has 0 aliphatic heterocycles. The van der Waals surface area contributed by atoms with Crippen molar-refractivity contribution in [2.24, 2.45) is 0 Å². The molecule has 0 spiro atoms. The van der Waals surface area contributed by atoms with Gasteiger partial charge in [-0.25, -0.2) is 0 Å². The molecule has 0 saturated heterocycles. The maximum Gasteiger partial charge on any atom is 0.136 e. The lowest BCUT2D eigenvalue weighted by Gasteiger charge is -2.30. The molecule has 1 heterocycles. The van der Waals surface area contributed by atoms with E-state index in [0.29, 0.717) is 11.8 Å². The van der Waals surface area contributed by atoms with Crippen molar-refractivity contribution in [1.82, 2.24) is 0 Å². The molecule has 0 radical (unpaired) electrons. The van der Waals surface area contributed by atoms with Crippen LogP contribution in [0.3, 0.4) is 0 Å². The van der Waals surface area contributed by atoms with Crippen molar-refractivity contribution < 1.29 is 4.42 Å². The number of anilines is 6. The van der Waals surface area contributed by atoms with Crippen molar-refractivity contribution in [3.8, 4) is 22.3 Å². The lowest BCUT2D eigenvalue weighted by Crippen LogP contribution is -2.14. The normalized spacial score (nSPS) is 12.2. The zero-order chi connectivity index (χ0) is 50.8. The minimum atomic E-state index is 0.0386. The Labute approximate surface area is 432 Å². The molecule has 0 N–H and O–H groups in total. The molecule has 3 heteroatoms. The quantitative estimate of drug-likeness (QED) is 0.136. The van der Waals surface area contributed by atoms with Crippen LogP contribution in [-0.4, -0.2) is 0 Å². The maximum absolute atomic E-state index is 6.91. The number of hydrogen-bond donors (Lipinski definition) is 0. The molecule has 0 atom stereocenters. The number of fused-ring (bicyclic) bond motifs is 5. The van der Waals surface area contributed by atoms with Gasteiger partial charge in [-0.3, -0.25) is 0 Å². The van der Waals surface area contributed by atoms with Crippen LogP contribution >= 0.6 is 0 Å². The summed E-state index contributed by atoms with van der Waals surface area (Å²) < 4.78 is 6.91. The fourth-order valence-electron chi connectivity index (χ4n) is 10.5. The van der Waals surface area contributed by atoms with Gasteiger partial charge in [-0.05, 0) is 163 Å². The first-order valence-corrected chi connectivity index (χ1v) is 26.1. The van der Waals surface area contributed by atoms with E-state index in [2.05, 4.69) is 285 Å². The van der Waals surface area contributed by atoms with Crippen LogP contribution in [0, 0.1) is 0 Å². The van der Waals surface area contributed by atoms with Crippen LogP contribution in [0.2, 0.25) is 0 Å². The standard InChI is InChI=1S/C70H66N2O/c1-45(2)49-23-35-61(47-17-13-11-14-18-47)65(41-49)71(57-31-25-55(26-32-57)69(5,6)7)59-29-21-51-39-63-64-40-52-22-30-60(38-54(52)44-68(64)73-67(63)43-53(51)37-59)72(58-33-27-56(28-34-58)70(8,9)10)66-42-50(46(3)4)24-36-62(66)48-19-15-12-16-20-48/h11-46H,1-10H3. The minimum Gasteiger partial charge on any atom is -0.456 e. The van der Waals surface area contributed by atoms with Crippen LogP contribution in [-0.2, 0) is 10.8 Å². The fraction of sp³-hybridized carbons (Fsp3) is 0.200. The number of hydrogen-bond acceptors (Lipinski definition) is 3. The highest BCUT2D eigenvalue weighted by Crippen LogP contribution is 2.47. The first-order chi connectivity index (χ1) is 35.1. The molecule has 1 aromatic heterocycles. The van der Waals surface area contributed by atoms with E-state index in [-0.39, 0.29) is 10.8 Å². The Balaban J connectivity index is 1.05. The Morgan fingerprint density at radius 1 is 0.342 bits per heavy atom. The van der Waals surface area contributed by atoms with Gasteiger partial charge in [0.25, 0.3) is 0 Å². The predicted molar refractivity (Wildman–Crippen MR) is 315 cm³/mol. The van der Waals surface area contributed by atoms with E-state index >= 15 is 0 Å². The zero-order valence-electron chi connectivity index (χ0n) is 44.1. The molecule has 10 aromatic carbocycles. The zero-order valence-corrected chi connectivity index (χ0v) is 44.1. The first-order valence-electron chi connectivity index (χ1n) is 26.1. The summed E-state index contributed by atoms with van der Waals surface area (Å²) in [4.78, 5) is 4.88. The first kappa shape index (κ1) is 47.4. The van der Waals surface area contributed by atoms with E-state index in [1.54, 1.807) is 0 Å². The van der Waals surface area contributed by atoms with E-state index in [9.17, 15) is 0 Å². The molecule has 0 bridgehead atoms. The van der Waals surface area contributed by atoms with Gasteiger partial charge in [0.2, 0.25) is 0 Å². The Kier molecular flexibility index (Phi) is 12.1. The Hall–Kier alpha value is -7.88. The summed E-state index contributed by atoms with van der Waals surface area (Å²) in [6, 6.07) is 76.7. The van der Waals surface area contributed by atoms with Gasteiger partial charge in [0.05, 0.1) is 11.4 Å². The van der Waals surface area contributed by atoms with Crippen molar-refractivity contribution >= 4 is 77.6 Å². The molecule has 3 nitrogen and oxygen atoms in total. The lowest BCUT2D eigenvalue weighted by atomic mass is 9.87. The molecule has 0 saturated carbocycles. The summed E-state index contributed by atoms with van der Waals surface area (Å²) in [7, 11) is 0. The number of rotatable bonds is 10. The average molecular weight is 951 g/mol. The highest BCUT2D eigenvalue weighted by molar-refractivity contribution is 6.14. The van der Waals surface area contributed by atoms with Gasteiger partial charge < -0.3 is 14.2 Å². The summed E-state index contributed by atoms with van der Waals surface area (Å²) in [5, 5.41) is 6.82. The van der Waals surface area contributed by atoms with Gasteiger partial charge in [-0.15, -0.1) is 0 Å². The summed E-state index contributed by atoms with van der Waals surface area (Å²) in [6.45, 7) is 22.8. The smallest absolute Gasteiger partial charge is 0.136 e. The second-order valence-electron chi connectivity index (χ2n) is 22.7. The van der Waals surface area contributed by atoms with Gasteiger partial charge >= 0.3 is 0 Å². The maximum atomic E-state index is 6.91. The van der Waals surface area contributed by atoms with Crippen molar-refractivity contribution in [1.29, 1.82) is 0 Å². The van der Waals surface area contributed by atoms with Crippen LogP contribution < -0.4 is 9.80 Å². The van der Waals surface area contributed by atoms with Crippen molar-refractivity contribution in [2.45, 2.75) is 91.9 Å². The lowest BCUT2D eigenvalue weighted by molar-refractivity contribution is 0.590. The molecule has 11 aromatic rings. The Bertz CT molecular complexity index is 3540. The average Bonchev–Trinajstić information content (AvgIpc) is 3.73. The molecule has 11 rings (SSSR count).